The molecule has 1 aliphatic rings. The van der Waals surface area contributed by atoms with Crippen LogP contribution < -0.4 is 4.74 Å². The SMILES string of the molecule is CCSc1nc(CC(=O)N2CCOc3ccc(CO)cc3C2)cs1. The predicted molar refractivity (Wildman–Crippen MR) is 95.5 cm³/mol. The molecule has 1 amide bonds. The molecular formula is C17H20N2O3S2. The van der Waals surface area contributed by atoms with E-state index < -0.39 is 0 Å². The summed E-state index contributed by atoms with van der Waals surface area (Å²) in [4.78, 5) is 18.9. The molecule has 7 heteroatoms. The number of amides is 1. The highest BCUT2D eigenvalue weighted by Crippen LogP contribution is 2.26. The summed E-state index contributed by atoms with van der Waals surface area (Å²) in [7, 11) is 0. The van der Waals surface area contributed by atoms with Crippen molar-refractivity contribution in [2.75, 3.05) is 18.9 Å². The minimum atomic E-state index is -0.0160. The summed E-state index contributed by atoms with van der Waals surface area (Å²) < 4.78 is 6.73. The van der Waals surface area contributed by atoms with Crippen molar-refractivity contribution in [1.29, 1.82) is 0 Å². The molecular weight excluding hydrogens is 344 g/mol. The summed E-state index contributed by atoms with van der Waals surface area (Å²) in [6.45, 7) is 3.61. The van der Waals surface area contributed by atoms with E-state index in [1.54, 1.807) is 28.0 Å². The summed E-state index contributed by atoms with van der Waals surface area (Å²) in [5.41, 5.74) is 2.59. The monoisotopic (exact) mass is 364 g/mol. The van der Waals surface area contributed by atoms with Crippen LogP contribution in [0, 0.1) is 0 Å². The third-order valence-electron chi connectivity index (χ3n) is 3.77. The first-order valence-corrected chi connectivity index (χ1v) is 9.76. The molecule has 1 N–H and O–H groups in total. The van der Waals surface area contributed by atoms with Gasteiger partial charge in [0.25, 0.3) is 0 Å². The summed E-state index contributed by atoms with van der Waals surface area (Å²) >= 11 is 3.28. The second kappa shape index (κ2) is 8.00. The van der Waals surface area contributed by atoms with Gasteiger partial charge in [-0.3, -0.25) is 4.79 Å². The van der Waals surface area contributed by atoms with Crippen LogP contribution in [0.5, 0.6) is 5.75 Å². The number of hydrogen-bond donors (Lipinski definition) is 1. The van der Waals surface area contributed by atoms with Crippen molar-refractivity contribution in [3.63, 3.8) is 0 Å². The van der Waals surface area contributed by atoms with Crippen molar-refractivity contribution in [2.45, 2.75) is 30.8 Å². The molecule has 1 aliphatic heterocycles. The molecule has 24 heavy (non-hydrogen) atoms. The second-order valence-corrected chi connectivity index (χ2v) is 7.85. The van der Waals surface area contributed by atoms with Gasteiger partial charge in [0, 0.05) is 17.5 Å². The lowest BCUT2D eigenvalue weighted by Crippen LogP contribution is -2.33. The minimum Gasteiger partial charge on any atom is -0.491 e. The average Bonchev–Trinajstić information content (AvgIpc) is 2.91. The fourth-order valence-corrected chi connectivity index (χ4v) is 4.33. The Hall–Kier alpha value is -1.57. The van der Waals surface area contributed by atoms with Crippen LogP contribution in [-0.4, -0.2) is 39.8 Å². The summed E-state index contributed by atoms with van der Waals surface area (Å²) in [5, 5.41) is 11.3. The van der Waals surface area contributed by atoms with E-state index in [9.17, 15) is 9.90 Å². The molecule has 2 aromatic rings. The zero-order chi connectivity index (χ0) is 16.9. The molecule has 3 rings (SSSR count). The number of rotatable bonds is 5. The van der Waals surface area contributed by atoms with Crippen LogP contribution in [0.2, 0.25) is 0 Å². The zero-order valence-corrected chi connectivity index (χ0v) is 15.2. The van der Waals surface area contributed by atoms with Gasteiger partial charge in [-0.25, -0.2) is 4.98 Å². The molecule has 5 nitrogen and oxygen atoms in total. The van der Waals surface area contributed by atoms with E-state index in [0.717, 1.165) is 32.7 Å². The maximum Gasteiger partial charge on any atom is 0.229 e. The van der Waals surface area contributed by atoms with Gasteiger partial charge in [0.2, 0.25) is 5.91 Å². The number of aliphatic hydroxyl groups is 1. The Morgan fingerprint density at radius 2 is 2.38 bits per heavy atom. The largest absolute Gasteiger partial charge is 0.491 e. The van der Waals surface area contributed by atoms with Crippen molar-refractivity contribution in [3.05, 3.63) is 40.4 Å². The van der Waals surface area contributed by atoms with E-state index in [1.165, 1.54) is 0 Å². The number of carbonyl (C=O) groups is 1. The Kier molecular flexibility index (Phi) is 5.76. The highest BCUT2D eigenvalue weighted by Gasteiger charge is 2.21. The van der Waals surface area contributed by atoms with Crippen LogP contribution in [0.4, 0.5) is 0 Å². The van der Waals surface area contributed by atoms with Crippen LogP contribution in [0.25, 0.3) is 0 Å². The van der Waals surface area contributed by atoms with Gasteiger partial charge in [0.1, 0.15) is 16.7 Å². The third-order valence-corrected chi connectivity index (χ3v) is 5.72. The minimum absolute atomic E-state index is 0.0160. The van der Waals surface area contributed by atoms with Gasteiger partial charge in [0.15, 0.2) is 0 Å². The van der Waals surface area contributed by atoms with Crippen LogP contribution in [-0.2, 0) is 24.4 Å². The fraction of sp³-hybridized carbons (Fsp3) is 0.412. The molecule has 0 fully saturated rings. The molecule has 0 bridgehead atoms. The van der Waals surface area contributed by atoms with Crippen LogP contribution >= 0.6 is 23.1 Å². The summed E-state index contributed by atoms with van der Waals surface area (Å²) in [5.74, 6) is 1.82. The topological polar surface area (TPSA) is 62.7 Å². The molecule has 0 atom stereocenters. The van der Waals surface area contributed by atoms with E-state index in [2.05, 4.69) is 11.9 Å². The van der Waals surface area contributed by atoms with E-state index in [4.69, 9.17) is 4.74 Å². The molecule has 0 aliphatic carbocycles. The number of hydrogen-bond acceptors (Lipinski definition) is 6. The first kappa shape index (κ1) is 17.3. The van der Waals surface area contributed by atoms with Gasteiger partial charge < -0.3 is 14.7 Å². The van der Waals surface area contributed by atoms with E-state index in [0.29, 0.717) is 26.1 Å². The first-order valence-electron chi connectivity index (χ1n) is 7.90. The molecule has 0 saturated carbocycles. The summed E-state index contributed by atoms with van der Waals surface area (Å²) in [6, 6.07) is 5.61. The molecule has 1 aromatic carbocycles. The number of nitrogens with zero attached hydrogens (tertiary/aromatic N) is 2. The lowest BCUT2D eigenvalue weighted by atomic mass is 10.1. The van der Waals surface area contributed by atoms with Crippen molar-refractivity contribution < 1.29 is 14.6 Å². The van der Waals surface area contributed by atoms with Gasteiger partial charge >= 0.3 is 0 Å². The molecule has 128 valence electrons. The summed E-state index contributed by atoms with van der Waals surface area (Å²) in [6.07, 6.45) is 0.315. The number of benzene rings is 1. The quantitative estimate of drug-likeness (QED) is 0.827. The zero-order valence-electron chi connectivity index (χ0n) is 13.5. The highest BCUT2D eigenvalue weighted by molar-refractivity contribution is 8.00. The standard InChI is InChI=1S/C17H20N2O3S2/c1-2-23-17-18-14(11-24-17)8-16(21)19-5-6-22-15-4-3-12(10-20)7-13(15)9-19/h3-4,7,11,20H,2,5-6,8-10H2,1H3. The van der Waals surface area contributed by atoms with Gasteiger partial charge in [-0.1, -0.05) is 24.8 Å². The van der Waals surface area contributed by atoms with Gasteiger partial charge in [-0.2, -0.15) is 0 Å². The second-order valence-electron chi connectivity index (χ2n) is 5.48. The number of thioether (sulfide) groups is 1. The molecule has 2 heterocycles. The lowest BCUT2D eigenvalue weighted by Gasteiger charge is -2.19. The van der Waals surface area contributed by atoms with Crippen molar-refractivity contribution in [1.82, 2.24) is 9.88 Å². The van der Waals surface area contributed by atoms with Crippen LogP contribution in [0.15, 0.2) is 27.9 Å². The van der Waals surface area contributed by atoms with Crippen LogP contribution in [0.3, 0.4) is 0 Å². The molecule has 1 aromatic heterocycles. The Morgan fingerprint density at radius 1 is 1.50 bits per heavy atom. The highest BCUT2D eigenvalue weighted by atomic mass is 32.2. The van der Waals surface area contributed by atoms with E-state index in [1.807, 2.05) is 23.6 Å². The van der Waals surface area contributed by atoms with Crippen molar-refractivity contribution in [2.24, 2.45) is 0 Å². The first-order chi connectivity index (χ1) is 11.7. The normalized spacial score (nSPS) is 14.0. The number of thiazole rings is 1. The Labute approximate surface area is 149 Å². The van der Waals surface area contributed by atoms with Gasteiger partial charge in [0.05, 0.1) is 25.3 Å². The number of ether oxygens (including phenoxy) is 1. The smallest absolute Gasteiger partial charge is 0.229 e. The van der Waals surface area contributed by atoms with Crippen molar-refractivity contribution >= 4 is 29.0 Å². The van der Waals surface area contributed by atoms with Gasteiger partial charge in [-0.15, -0.1) is 11.3 Å². The van der Waals surface area contributed by atoms with Gasteiger partial charge in [-0.05, 0) is 23.4 Å². The Bertz CT molecular complexity index is 718. The third kappa shape index (κ3) is 4.09. The Balaban J connectivity index is 1.69. The van der Waals surface area contributed by atoms with Crippen LogP contribution in [0.1, 0.15) is 23.7 Å². The van der Waals surface area contributed by atoms with E-state index in [-0.39, 0.29) is 12.5 Å². The molecule has 0 unspecified atom stereocenters. The number of aliphatic hydroxyl groups excluding tert-OH is 1. The maximum absolute atomic E-state index is 12.6. The fourth-order valence-electron chi connectivity index (χ4n) is 2.58. The molecule has 0 spiro atoms. The average molecular weight is 364 g/mol. The number of carbonyl (C=O) groups excluding carboxylic acids is 1. The molecule has 0 saturated heterocycles. The number of fused-ring (bicyclic) bond motifs is 1. The molecule has 0 radical (unpaired) electrons. The maximum atomic E-state index is 12.6. The van der Waals surface area contributed by atoms with E-state index >= 15 is 0 Å². The predicted octanol–water partition coefficient (Wildman–Crippen LogP) is 2.71. The van der Waals surface area contributed by atoms with Crippen molar-refractivity contribution in [3.8, 4) is 5.75 Å². The Morgan fingerprint density at radius 3 is 3.17 bits per heavy atom. The lowest BCUT2D eigenvalue weighted by molar-refractivity contribution is -0.131. The number of aromatic nitrogens is 1.